The molecule has 1 amide bonds. The van der Waals surface area contributed by atoms with Crippen molar-refractivity contribution in [3.8, 4) is 17.2 Å². The highest BCUT2D eigenvalue weighted by atomic mass is 19.1. The number of aromatic nitrogens is 5. The summed E-state index contributed by atoms with van der Waals surface area (Å²) in [5.74, 6) is 0.0696. The summed E-state index contributed by atoms with van der Waals surface area (Å²) in [6, 6.07) is 12.1. The van der Waals surface area contributed by atoms with Crippen LogP contribution in [0, 0.1) is 5.82 Å². The SMILES string of the molecule is O=C(NCCCc1ccncc1)c1cnn(-c2nccc(-c3ccccc3F)n2)c1C1CC1. The minimum atomic E-state index is -0.350. The van der Waals surface area contributed by atoms with E-state index in [-0.39, 0.29) is 17.6 Å². The maximum absolute atomic E-state index is 14.3. The first-order valence-corrected chi connectivity index (χ1v) is 11.0. The third kappa shape index (κ3) is 4.64. The molecule has 0 bridgehead atoms. The van der Waals surface area contributed by atoms with E-state index in [9.17, 15) is 9.18 Å². The lowest BCUT2D eigenvalue weighted by molar-refractivity contribution is 0.0952. The summed E-state index contributed by atoms with van der Waals surface area (Å²) < 4.78 is 15.9. The number of aryl methyl sites for hydroxylation is 1. The van der Waals surface area contributed by atoms with E-state index in [1.54, 1.807) is 53.7 Å². The Hall–Kier alpha value is -3.94. The van der Waals surface area contributed by atoms with Crippen LogP contribution < -0.4 is 5.32 Å². The Morgan fingerprint density at radius 3 is 2.70 bits per heavy atom. The Morgan fingerprint density at radius 2 is 1.91 bits per heavy atom. The summed E-state index contributed by atoms with van der Waals surface area (Å²) in [5, 5.41) is 7.44. The summed E-state index contributed by atoms with van der Waals surface area (Å²) in [6.45, 7) is 0.565. The van der Waals surface area contributed by atoms with Gasteiger partial charge in [0.1, 0.15) is 5.82 Å². The van der Waals surface area contributed by atoms with Crippen molar-refractivity contribution in [3.05, 3.63) is 89.9 Å². The zero-order chi connectivity index (χ0) is 22.6. The van der Waals surface area contributed by atoms with Gasteiger partial charge >= 0.3 is 0 Å². The average molecular weight is 442 g/mol. The van der Waals surface area contributed by atoms with Crippen molar-refractivity contribution in [1.29, 1.82) is 0 Å². The second-order valence-corrected chi connectivity index (χ2v) is 8.07. The van der Waals surface area contributed by atoms with Gasteiger partial charge in [-0.05, 0) is 61.6 Å². The number of amides is 1. The summed E-state index contributed by atoms with van der Waals surface area (Å²) in [6.07, 6.45) is 10.4. The molecule has 5 rings (SSSR count). The van der Waals surface area contributed by atoms with Gasteiger partial charge in [-0.15, -0.1) is 0 Å². The van der Waals surface area contributed by atoms with Crippen LogP contribution in [0.1, 0.15) is 46.8 Å². The van der Waals surface area contributed by atoms with E-state index >= 15 is 0 Å². The first kappa shape index (κ1) is 20.9. The van der Waals surface area contributed by atoms with Crippen LogP contribution in [-0.2, 0) is 6.42 Å². The molecule has 166 valence electrons. The van der Waals surface area contributed by atoms with Crippen LogP contribution in [-0.4, -0.2) is 37.2 Å². The Bertz CT molecular complexity index is 1270. The number of nitrogens with zero attached hydrogens (tertiary/aromatic N) is 5. The number of benzene rings is 1. The van der Waals surface area contributed by atoms with Crippen molar-refractivity contribution >= 4 is 5.91 Å². The molecule has 1 saturated carbocycles. The molecular weight excluding hydrogens is 419 g/mol. The van der Waals surface area contributed by atoms with E-state index in [4.69, 9.17) is 0 Å². The zero-order valence-electron chi connectivity index (χ0n) is 18.0. The van der Waals surface area contributed by atoms with Gasteiger partial charge < -0.3 is 5.32 Å². The molecule has 0 unspecified atom stereocenters. The lowest BCUT2D eigenvalue weighted by atomic mass is 10.1. The average Bonchev–Trinajstić information content (AvgIpc) is 3.60. The van der Waals surface area contributed by atoms with Gasteiger partial charge in [-0.3, -0.25) is 9.78 Å². The van der Waals surface area contributed by atoms with Crippen molar-refractivity contribution < 1.29 is 9.18 Å². The number of hydrogen-bond acceptors (Lipinski definition) is 5. The van der Waals surface area contributed by atoms with Gasteiger partial charge in [-0.2, -0.15) is 5.10 Å². The van der Waals surface area contributed by atoms with Crippen LogP contribution >= 0.6 is 0 Å². The Labute approximate surface area is 190 Å². The fourth-order valence-electron chi connectivity index (χ4n) is 3.85. The minimum Gasteiger partial charge on any atom is -0.352 e. The van der Waals surface area contributed by atoms with Crippen LogP contribution in [0.2, 0.25) is 0 Å². The van der Waals surface area contributed by atoms with Gasteiger partial charge in [0.2, 0.25) is 0 Å². The van der Waals surface area contributed by atoms with Gasteiger partial charge in [-0.25, -0.2) is 19.0 Å². The van der Waals surface area contributed by atoms with Crippen LogP contribution in [0.25, 0.3) is 17.2 Å². The topological polar surface area (TPSA) is 85.6 Å². The highest BCUT2D eigenvalue weighted by Gasteiger charge is 2.33. The van der Waals surface area contributed by atoms with Crippen molar-refractivity contribution in [1.82, 2.24) is 30.0 Å². The predicted octanol–water partition coefficient (Wildman–Crippen LogP) is 4.10. The van der Waals surface area contributed by atoms with Crippen molar-refractivity contribution in [2.45, 2.75) is 31.6 Å². The third-order valence-electron chi connectivity index (χ3n) is 5.67. The minimum absolute atomic E-state index is 0.150. The van der Waals surface area contributed by atoms with Gasteiger partial charge in [-0.1, -0.05) is 12.1 Å². The van der Waals surface area contributed by atoms with E-state index in [2.05, 4.69) is 25.4 Å². The van der Waals surface area contributed by atoms with E-state index < -0.39 is 0 Å². The number of halogens is 1. The molecule has 4 aromatic rings. The second kappa shape index (κ2) is 9.28. The molecule has 0 atom stereocenters. The normalized spacial score (nSPS) is 13.1. The third-order valence-corrected chi connectivity index (χ3v) is 5.67. The molecule has 0 saturated heterocycles. The molecule has 3 heterocycles. The van der Waals surface area contributed by atoms with E-state index in [0.29, 0.717) is 29.3 Å². The molecule has 8 heteroatoms. The van der Waals surface area contributed by atoms with Gasteiger partial charge in [0.15, 0.2) is 0 Å². The number of hydrogen-bond donors (Lipinski definition) is 1. The smallest absolute Gasteiger partial charge is 0.254 e. The standard InChI is InChI=1S/C25H23FN6O/c26-21-6-2-1-5-19(21)22-11-15-29-25(31-22)32-23(18-7-8-18)20(16-30-32)24(33)28-12-3-4-17-9-13-27-14-10-17/h1-2,5-6,9-11,13-16,18H,3-4,7-8,12H2,(H,28,33). The molecular formula is C25H23FN6O. The fraction of sp³-hybridized carbons (Fsp3) is 0.240. The van der Waals surface area contributed by atoms with Crippen LogP contribution in [0.5, 0.6) is 0 Å². The number of nitrogens with one attached hydrogen (secondary N) is 1. The maximum Gasteiger partial charge on any atom is 0.254 e. The van der Waals surface area contributed by atoms with E-state index in [1.165, 1.54) is 11.6 Å². The molecule has 0 spiro atoms. The quantitative estimate of drug-likeness (QED) is 0.415. The van der Waals surface area contributed by atoms with Crippen LogP contribution in [0.15, 0.2) is 67.3 Å². The predicted molar refractivity (Wildman–Crippen MR) is 121 cm³/mol. The zero-order valence-corrected chi connectivity index (χ0v) is 18.0. The first-order valence-electron chi connectivity index (χ1n) is 11.0. The van der Waals surface area contributed by atoms with Gasteiger partial charge in [0, 0.05) is 36.6 Å². The molecule has 33 heavy (non-hydrogen) atoms. The van der Waals surface area contributed by atoms with Crippen LogP contribution in [0.4, 0.5) is 4.39 Å². The number of carbonyl (C=O) groups excluding carboxylic acids is 1. The largest absolute Gasteiger partial charge is 0.352 e. The summed E-state index contributed by atoms with van der Waals surface area (Å²) in [7, 11) is 0. The van der Waals surface area contributed by atoms with Crippen molar-refractivity contribution in [3.63, 3.8) is 0 Å². The summed E-state index contributed by atoms with van der Waals surface area (Å²) >= 11 is 0. The Morgan fingerprint density at radius 1 is 1.09 bits per heavy atom. The summed E-state index contributed by atoms with van der Waals surface area (Å²) in [4.78, 5) is 25.8. The molecule has 1 aliphatic carbocycles. The fourth-order valence-corrected chi connectivity index (χ4v) is 3.85. The highest BCUT2D eigenvalue weighted by molar-refractivity contribution is 5.95. The lowest BCUT2D eigenvalue weighted by Crippen LogP contribution is -2.25. The molecule has 7 nitrogen and oxygen atoms in total. The molecule has 3 aromatic heterocycles. The first-order chi connectivity index (χ1) is 16.2. The van der Waals surface area contributed by atoms with Crippen molar-refractivity contribution in [2.24, 2.45) is 0 Å². The number of pyridine rings is 1. The van der Waals surface area contributed by atoms with Crippen LogP contribution in [0.3, 0.4) is 0 Å². The van der Waals surface area contributed by atoms with Crippen molar-refractivity contribution in [2.75, 3.05) is 6.54 Å². The Kier molecular flexibility index (Phi) is 5.89. The van der Waals surface area contributed by atoms with Gasteiger partial charge in [0.25, 0.3) is 11.9 Å². The highest BCUT2D eigenvalue weighted by Crippen LogP contribution is 2.42. The lowest BCUT2D eigenvalue weighted by Gasteiger charge is -2.10. The van der Waals surface area contributed by atoms with E-state index in [0.717, 1.165) is 31.4 Å². The number of rotatable bonds is 8. The van der Waals surface area contributed by atoms with Gasteiger partial charge in [0.05, 0.1) is 23.1 Å². The molecule has 1 fully saturated rings. The maximum atomic E-state index is 14.3. The second-order valence-electron chi connectivity index (χ2n) is 8.07. The summed E-state index contributed by atoms with van der Waals surface area (Å²) in [5.41, 5.74) is 3.41. The monoisotopic (exact) mass is 442 g/mol. The Balaban J connectivity index is 1.34. The van der Waals surface area contributed by atoms with E-state index in [1.807, 2.05) is 12.1 Å². The number of carbonyl (C=O) groups is 1. The molecule has 1 aliphatic rings. The molecule has 0 radical (unpaired) electrons. The molecule has 1 aromatic carbocycles. The molecule has 0 aliphatic heterocycles. The molecule has 1 N–H and O–H groups in total.